The Morgan fingerprint density at radius 3 is 2.57 bits per heavy atom. The maximum absolute atomic E-state index is 11.5. The van der Waals surface area contributed by atoms with Crippen LogP contribution in [0.25, 0.3) is 0 Å². The molecule has 1 atom stereocenters. The van der Waals surface area contributed by atoms with E-state index in [9.17, 15) is 9.46 Å². The maximum Gasteiger partial charge on any atom is 0.165 e. The Morgan fingerprint density at radius 1 is 1.36 bits per heavy atom. The van der Waals surface area contributed by atoms with Gasteiger partial charge < -0.3 is 14.0 Å². The van der Waals surface area contributed by atoms with Gasteiger partial charge in [0.15, 0.2) is 7.60 Å². The van der Waals surface area contributed by atoms with Crippen LogP contribution in [0.1, 0.15) is 19.8 Å². The van der Waals surface area contributed by atoms with Gasteiger partial charge in [-0.2, -0.15) is 0 Å². The summed E-state index contributed by atoms with van der Waals surface area (Å²) < 4.78 is 16.4. The van der Waals surface area contributed by atoms with Gasteiger partial charge in [-0.3, -0.25) is 0 Å². The number of hydrogen-bond donors (Lipinski definition) is 0. The molecule has 0 aliphatic heterocycles. The Morgan fingerprint density at radius 2 is 2.00 bits per heavy atom. The number of hydrogen-bond acceptors (Lipinski definition) is 3. The first kappa shape index (κ1) is 11.4. The van der Waals surface area contributed by atoms with Gasteiger partial charge in [-0.25, -0.2) is 0 Å². The normalized spacial score (nSPS) is 15.0. The Hall–Kier alpha value is -0.630. The first-order valence-corrected chi connectivity index (χ1v) is 6.22. The molecule has 1 aromatic rings. The number of unbranched alkanes of at least 4 members (excludes halogenated alkanes) is 1. The summed E-state index contributed by atoms with van der Waals surface area (Å²) in [5.74, 6) is 0. The van der Waals surface area contributed by atoms with Crippen molar-refractivity contribution in [2.75, 3.05) is 6.61 Å². The molecule has 78 valence electrons. The smallest absolute Gasteiger partial charge is 0.165 e. The SMILES string of the molecule is CCCCOP(=O)([O-])c1ccccc1. The first-order valence-electron chi connectivity index (χ1n) is 4.68. The highest BCUT2D eigenvalue weighted by molar-refractivity contribution is 7.59. The largest absolute Gasteiger partial charge is 0.775 e. The molecule has 0 spiro atoms. The summed E-state index contributed by atoms with van der Waals surface area (Å²) in [5.41, 5.74) is 0. The Balaban J connectivity index is 2.62. The average Bonchev–Trinajstić information content (AvgIpc) is 2.19. The topological polar surface area (TPSA) is 49.4 Å². The van der Waals surface area contributed by atoms with Crippen LogP contribution in [0.15, 0.2) is 30.3 Å². The zero-order valence-corrected chi connectivity index (χ0v) is 9.07. The van der Waals surface area contributed by atoms with Crippen molar-refractivity contribution in [3.05, 3.63) is 30.3 Å². The van der Waals surface area contributed by atoms with E-state index in [1.807, 2.05) is 6.92 Å². The van der Waals surface area contributed by atoms with E-state index in [-0.39, 0.29) is 11.9 Å². The monoisotopic (exact) mass is 213 g/mol. The Kier molecular flexibility index (Phi) is 4.33. The lowest BCUT2D eigenvalue weighted by Crippen LogP contribution is -2.17. The molecule has 1 aromatic carbocycles. The van der Waals surface area contributed by atoms with Crippen molar-refractivity contribution in [1.82, 2.24) is 0 Å². The van der Waals surface area contributed by atoms with E-state index in [1.54, 1.807) is 30.3 Å². The van der Waals surface area contributed by atoms with Crippen LogP contribution in [0.2, 0.25) is 0 Å². The minimum atomic E-state index is -3.82. The van der Waals surface area contributed by atoms with Crippen LogP contribution in [-0.2, 0) is 9.09 Å². The summed E-state index contributed by atoms with van der Waals surface area (Å²) in [7, 11) is -3.82. The highest BCUT2D eigenvalue weighted by atomic mass is 31.2. The second-order valence-corrected chi connectivity index (χ2v) is 4.79. The average molecular weight is 213 g/mol. The van der Waals surface area contributed by atoms with Crippen molar-refractivity contribution < 1.29 is 14.0 Å². The Bertz CT molecular complexity index is 310. The van der Waals surface area contributed by atoms with E-state index in [0.717, 1.165) is 12.8 Å². The molecule has 0 radical (unpaired) electrons. The fourth-order valence-electron chi connectivity index (χ4n) is 1.01. The number of rotatable bonds is 5. The summed E-state index contributed by atoms with van der Waals surface area (Å²) in [6, 6.07) is 8.22. The van der Waals surface area contributed by atoms with Crippen LogP contribution in [0.4, 0.5) is 0 Å². The number of benzene rings is 1. The molecule has 0 saturated heterocycles. The van der Waals surface area contributed by atoms with Crippen LogP contribution in [-0.4, -0.2) is 6.61 Å². The van der Waals surface area contributed by atoms with Crippen LogP contribution < -0.4 is 10.2 Å². The molecule has 0 aliphatic carbocycles. The predicted octanol–water partition coefficient (Wildman–Crippen LogP) is 1.68. The van der Waals surface area contributed by atoms with E-state index >= 15 is 0 Å². The maximum atomic E-state index is 11.5. The lowest BCUT2D eigenvalue weighted by Gasteiger charge is -2.23. The summed E-state index contributed by atoms with van der Waals surface area (Å²) in [6.07, 6.45) is 1.69. The van der Waals surface area contributed by atoms with E-state index in [4.69, 9.17) is 4.52 Å². The second kappa shape index (κ2) is 5.30. The van der Waals surface area contributed by atoms with Crippen LogP contribution >= 0.6 is 7.60 Å². The molecular formula is C10H14O3P-. The predicted molar refractivity (Wildman–Crippen MR) is 54.5 cm³/mol. The summed E-state index contributed by atoms with van der Waals surface area (Å²) in [5, 5.41) is 0.246. The van der Waals surface area contributed by atoms with Crippen LogP contribution in [0.3, 0.4) is 0 Å². The standard InChI is InChI=1S/C10H15O3P/c1-2-3-9-13-14(11,12)10-7-5-4-6-8-10/h4-8H,2-3,9H2,1H3,(H,11,12)/p-1. The van der Waals surface area contributed by atoms with Crippen LogP contribution in [0.5, 0.6) is 0 Å². The molecule has 4 heteroatoms. The zero-order valence-electron chi connectivity index (χ0n) is 8.18. The van der Waals surface area contributed by atoms with Gasteiger partial charge >= 0.3 is 0 Å². The molecule has 1 unspecified atom stereocenters. The molecule has 0 heterocycles. The van der Waals surface area contributed by atoms with Gasteiger partial charge in [0, 0.05) is 5.30 Å². The highest BCUT2D eigenvalue weighted by Gasteiger charge is 2.10. The summed E-state index contributed by atoms with van der Waals surface area (Å²) >= 11 is 0. The molecule has 0 aliphatic rings. The van der Waals surface area contributed by atoms with Gasteiger partial charge in [0.25, 0.3) is 0 Å². The molecule has 0 amide bonds. The molecule has 1 rings (SSSR count). The van der Waals surface area contributed by atoms with Crippen molar-refractivity contribution >= 4 is 12.9 Å². The quantitative estimate of drug-likeness (QED) is 0.552. The minimum Gasteiger partial charge on any atom is -0.775 e. The third-order valence-corrected chi connectivity index (χ3v) is 3.28. The molecule has 0 saturated carbocycles. The van der Waals surface area contributed by atoms with Gasteiger partial charge in [-0.05, 0) is 6.42 Å². The third-order valence-electron chi connectivity index (χ3n) is 1.83. The fourth-order valence-corrected chi connectivity index (χ4v) is 2.07. The van der Waals surface area contributed by atoms with E-state index in [1.165, 1.54) is 0 Å². The van der Waals surface area contributed by atoms with Gasteiger partial charge in [0.2, 0.25) is 0 Å². The Labute approximate surface area is 84.3 Å². The van der Waals surface area contributed by atoms with Crippen molar-refractivity contribution in [2.45, 2.75) is 19.8 Å². The molecule has 3 nitrogen and oxygen atoms in total. The lowest BCUT2D eigenvalue weighted by molar-refractivity contribution is -0.193. The highest BCUT2D eigenvalue weighted by Crippen LogP contribution is 2.35. The molecule has 0 N–H and O–H groups in total. The zero-order chi connectivity index (χ0) is 10.4. The van der Waals surface area contributed by atoms with Crippen molar-refractivity contribution in [3.63, 3.8) is 0 Å². The van der Waals surface area contributed by atoms with Gasteiger partial charge in [-0.1, -0.05) is 43.7 Å². The lowest BCUT2D eigenvalue weighted by atomic mass is 10.4. The second-order valence-electron chi connectivity index (χ2n) is 3.02. The van der Waals surface area contributed by atoms with E-state index < -0.39 is 7.60 Å². The molecular weight excluding hydrogens is 199 g/mol. The summed E-state index contributed by atoms with van der Waals surface area (Å²) in [4.78, 5) is 11.5. The third kappa shape index (κ3) is 3.26. The molecule has 0 fully saturated rings. The van der Waals surface area contributed by atoms with E-state index in [2.05, 4.69) is 0 Å². The summed E-state index contributed by atoms with van der Waals surface area (Å²) in [6.45, 7) is 2.26. The minimum absolute atomic E-state index is 0.246. The van der Waals surface area contributed by atoms with Gasteiger partial charge in [-0.15, -0.1) is 0 Å². The first-order chi connectivity index (χ1) is 6.67. The van der Waals surface area contributed by atoms with E-state index in [0.29, 0.717) is 0 Å². The van der Waals surface area contributed by atoms with Gasteiger partial charge in [0.1, 0.15) is 0 Å². The van der Waals surface area contributed by atoms with Crippen LogP contribution in [0, 0.1) is 0 Å². The van der Waals surface area contributed by atoms with Crippen molar-refractivity contribution in [2.24, 2.45) is 0 Å². The van der Waals surface area contributed by atoms with Crippen molar-refractivity contribution in [3.8, 4) is 0 Å². The fraction of sp³-hybridized carbons (Fsp3) is 0.400. The van der Waals surface area contributed by atoms with Gasteiger partial charge in [0.05, 0.1) is 6.61 Å². The molecule has 0 bridgehead atoms. The molecule has 0 aromatic heterocycles. The molecule has 14 heavy (non-hydrogen) atoms. The van der Waals surface area contributed by atoms with Crippen molar-refractivity contribution in [1.29, 1.82) is 0 Å².